The van der Waals surface area contributed by atoms with E-state index in [4.69, 9.17) is 4.42 Å². The van der Waals surface area contributed by atoms with Crippen LogP contribution in [-0.2, 0) is 0 Å². The van der Waals surface area contributed by atoms with E-state index in [0.717, 1.165) is 32.6 Å². The largest absolute Gasteiger partial charge is 0.423 e. The number of benzene rings is 1. The first-order chi connectivity index (χ1) is 9.25. The van der Waals surface area contributed by atoms with Gasteiger partial charge in [0, 0.05) is 25.7 Å². The first-order valence-corrected chi connectivity index (χ1v) is 6.25. The molecule has 1 aliphatic heterocycles. The van der Waals surface area contributed by atoms with Gasteiger partial charge in [-0.2, -0.15) is 4.98 Å². The number of rotatable bonds is 2. The molecule has 2 heterocycles. The molecule has 1 N–H and O–H groups in total. The van der Waals surface area contributed by atoms with Gasteiger partial charge in [-0.25, -0.2) is 0 Å². The van der Waals surface area contributed by atoms with Gasteiger partial charge in [-0.15, -0.1) is 0 Å². The van der Waals surface area contributed by atoms with Crippen LogP contribution >= 0.6 is 0 Å². The minimum absolute atomic E-state index is 0.0135. The Kier molecular flexibility index (Phi) is 3.04. The van der Waals surface area contributed by atoms with Crippen molar-refractivity contribution in [1.29, 1.82) is 0 Å². The lowest BCUT2D eigenvalue weighted by Crippen LogP contribution is -2.27. The quantitative estimate of drug-likeness (QED) is 0.652. The second-order valence-electron chi connectivity index (χ2n) is 4.47. The lowest BCUT2D eigenvalue weighted by Gasteiger charge is -2.16. The fourth-order valence-corrected chi connectivity index (χ4v) is 2.24. The maximum Gasteiger partial charge on any atom is 0.298 e. The summed E-state index contributed by atoms with van der Waals surface area (Å²) < 4.78 is 5.64. The average molecular weight is 262 g/mol. The zero-order chi connectivity index (χ0) is 13.2. The molecule has 0 radical (unpaired) electrons. The summed E-state index contributed by atoms with van der Waals surface area (Å²) in [7, 11) is 0. The maximum atomic E-state index is 11.0. The van der Waals surface area contributed by atoms with Crippen LogP contribution in [0.25, 0.3) is 11.1 Å². The molecule has 1 aromatic carbocycles. The summed E-state index contributed by atoms with van der Waals surface area (Å²) in [5.74, 6) is 0. The molecule has 1 aromatic heterocycles. The Morgan fingerprint density at radius 3 is 3.11 bits per heavy atom. The first-order valence-electron chi connectivity index (χ1n) is 6.25. The van der Waals surface area contributed by atoms with Crippen molar-refractivity contribution in [2.24, 2.45) is 0 Å². The summed E-state index contributed by atoms with van der Waals surface area (Å²) >= 11 is 0. The van der Waals surface area contributed by atoms with Crippen LogP contribution in [-0.4, -0.2) is 36.1 Å². The lowest BCUT2D eigenvalue weighted by atomic mass is 10.3. The summed E-state index contributed by atoms with van der Waals surface area (Å²) in [5.41, 5.74) is 0.765. The molecule has 1 fully saturated rings. The van der Waals surface area contributed by atoms with Crippen LogP contribution in [0.3, 0.4) is 0 Å². The molecule has 0 bridgehead atoms. The molecule has 0 aliphatic carbocycles. The van der Waals surface area contributed by atoms with E-state index in [2.05, 4.69) is 10.3 Å². The van der Waals surface area contributed by atoms with Gasteiger partial charge in [-0.1, -0.05) is 6.07 Å². The number of hydrogen-bond acceptors (Lipinski definition) is 6. The highest BCUT2D eigenvalue weighted by Gasteiger charge is 2.20. The zero-order valence-electron chi connectivity index (χ0n) is 10.3. The van der Waals surface area contributed by atoms with Crippen molar-refractivity contribution in [3.8, 4) is 0 Å². The number of aromatic nitrogens is 1. The molecule has 0 amide bonds. The van der Waals surface area contributed by atoms with Crippen LogP contribution in [0.1, 0.15) is 6.42 Å². The molecule has 0 saturated carbocycles. The van der Waals surface area contributed by atoms with E-state index in [1.165, 1.54) is 6.07 Å². The van der Waals surface area contributed by atoms with Crippen molar-refractivity contribution >= 4 is 22.8 Å². The number of non-ortho nitro benzene ring substituents is 1. The Balaban J connectivity index is 2.01. The second-order valence-corrected chi connectivity index (χ2v) is 4.47. The van der Waals surface area contributed by atoms with Crippen molar-refractivity contribution in [2.75, 3.05) is 31.1 Å². The van der Waals surface area contributed by atoms with E-state index >= 15 is 0 Å². The lowest BCUT2D eigenvalue weighted by molar-refractivity contribution is -0.383. The van der Waals surface area contributed by atoms with Crippen molar-refractivity contribution in [3.05, 3.63) is 28.3 Å². The highest BCUT2D eigenvalue weighted by Crippen LogP contribution is 2.29. The number of nitro benzene ring substituents is 1. The molecule has 7 nitrogen and oxygen atoms in total. The standard InChI is InChI=1S/C12H14N4O3/c17-16(18)9-3-1-4-10-11(9)14-12(19-10)15-7-2-5-13-6-8-15/h1,3-4,13H,2,5-8H2. The number of nitro groups is 1. The molecule has 3 rings (SSSR count). The van der Waals surface area contributed by atoms with Gasteiger partial charge >= 0.3 is 0 Å². The second kappa shape index (κ2) is 4.85. The van der Waals surface area contributed by atoms with Crippen molar-refractivity contribution in [3.63, 3.8) is 0 Å². The molecule has 19 heavy (non-hydrogen) atoms. The van der Waals surface area contributed by atoms with Crippen LogP contribution in [0.15, 0.2) is 22.6 Å². The van der Waals surface area contributed by atoms with E-state index in [0.29, 0.717) is 17.1 Å². The zero-order valence-corrected chi connectivity index (χ0v) is 10.3. The number of hydrogen-bond donors (Lipinski definition) is 1. The molecular weight excluding hydrogens is 248 g/mol. The Hall–Kier alpha value is -2.15. The van der Waals surface area contributed by atoms with Crippen molar-refractivity contribution < 1.29 is 9.34 Å². The molecule has 0 spiro atoms. The summed E-state index contributed by atoms with van der Waals surface area (Å²) in [6.45, 7) is 3.46. The fraction of sp³-hybridized carbons (Fsp3) is 0.417. The van der Waals surface area contributed by atoms with Gasteiger partial charge in [0.2, 0.25) is 0 Å². The predicted molar refractivity (Wildman–Crippen MR) is 70.4 cm³/mol. The fourth-order valence-electron chi connectivity index (χ4n) is 2.24. The first kappa shape index (κ1) is 11.9. The number of para-hydroxylation sites is 1. The normalized spacial score (nSPS) is 16.5. The maximum absolute atomic E-state index is 11.0. The van der Waals surface area contributed by atoms with Crippen LogP contribution in [0.5, 0.6) is 0 Å². The van der Waals surface area contributed by atoms with E-state index < -0.39 is 4.92 Å². The molecular formula is C12H14N4O3. The molecule has 100 valence electrons. The van der Waals surface area contributed by atoms with Gasteiger partial charge in [0.1, 0.15) is 0 Å². The summed E-state index contributed by atoms with van der Waals surface area (Å²) in [4.78, 5) is 16.8. The van der Waals surface area contributed by atoms with E-state index in [9.17, 15) is 10.1 Å². The smallest absolute Gasteiger partial charge is 0.298 e. The van der Waals surface area contributed by atoms with Crippen LogP contribution < -0.4 is 10.2 Å². The Labute approximate surface area is 109 Å². The third-order valence-corrected chi connectivity index (χ3v) is 3.19. The highest BCUT2D eigenvalue weighted by atomic mass is 16.6. The number of nitrogens with zero attached hydrogens (tertiary/aromatic N) is 3. The number of oxazole rings is 1. The van der Waals surface area contributed by atoms with Crippen LogP contribution in [0, 0.1) is 10.1 Å². The van der Waals surface area contributed by atoms with Gasteiger partial charge in [0.05, 0.1) is 4.92 Å². The van der Waals surface area contributed by atoms with E-state index in [-0.39, 0.29) is 5.69 Å². The highest BCUT2D eigenvalue weighted by molar-refractivity contribution is 5.84. The van der Waals surface area contributed by atoms with Gasteiger partial charge in [-0.3, -0.25) is 10.1 Å². The minimum Gasteiger partial charge on any atom is -0.423 e. The van der Waals surface area contributed by atoms with Crippen molar-refractivity contribution in [2.45, 2.75) is 6.42 Å². The molecule has 2 aromatic rings. The average Bonchev–Trinajstić information content (AvgIpc) is 2.65. The van der Waals surface area contributed by atoms with Crippen LogP contribution in [0.2, 0.25) is 0 Å². The summed E-state index contributed by atoms with van der Waals surface area (Å²) in [6.07, 6.45) is 1.00. The molecule has 7 heteroatoms. The third-order valence-electron chi connectivity index (χ3n) is 3.19. The van der Waals surface area contributed by atoms with Gasteiger partial charge < -0.3 is 14.6 Å². The molecule has 0 unspecified atom stereocenters. The summed E-state index contributed by atoms with van der Waals surface area (Å²) in [5, 5.41) is 14.2. The Morgan fingerprint density at radius 1 is 1.37 bits per heavy atom. The van der Waals surface area contributed by atoms with E-state index in [1.807, 2.05) is 4.90 Å². The number of nitrogens with one attached hydrogen (secondary N) is 1. The Bertz CT molecular complexity index is 602. The van der Waals surface area contributed by atoms with Crippen LogP contribution in [0.4, 0.5) is 11.7 Å². The minimum atomic E-state index is -0.432. The number of fused-ring (bicyclic) bond motifs is 1. The SMILES string of the molecule is O=[N+]([O-])c1cccc2oc(N3CCCNCC3)nc12. The Morgan fingerprint density at radius 2 is 2.26 bits per heavy atom. The molecule has 1 aliphatic rings. The molecule has 1 saturated heterocycles. The predicted octanol–water partition coefficient (Wildman–Crippen LogP) is 1.54. The topological polar surface area (TPSA) is 84.4 Å². The van der Waals surface area contributed by atoms with Gasteiger partial charge in [-0.05, 0) is 19.0 Å². The van der Waals surface area contributed by atoms with Gasteiger partial charge in [0.25, 0.3) is 11.7 Å². The summed E-state index contributed by atoms with van der Waals surface area (Å²) in [6, 6.07) is 5.22. The third kappa shape index (κ3) is 2.24. The van der Waals surface area contributed by atoms with Gasteiger partial charge in [0.15, 0.2) is 11.1 Å². The monoisotopic (exact) mass is 262 g/mol. The van der Waals surface area contributed by atoms with E-state index in [1.54, 1.807) is 12.1 Å². The number of anilines is 1. The van der Waals surface area contributed by atoms with Crippen molar-refractivity contribution in [1.82, 2.24) is 10.3 Å². The molecule has 0 atom stereocenters.